The van der Waals surface area contributed by atoms with Gasteiger partial charge in [-0.05, 0) is 30.7 Å². The molecule has 2 atom stereocenters. The molecule has 1 aromatic heterocycles. The quantitative estimate of drug-likeness (QED) is 0.943. The topological polar surface area (TPSA) is 43.8 Å². The normalized spacial score (nSPS) is 15.1. The second-order valence-electron chi connectivity index (χ2n) is 4.54. The molecule has 0 fully saturated rings. The Morgan fingerprint density at radius 1 is 1.30 bits per heavy atom. The minimum Gasteiger partial charge on any atom is -0.326 e. The molecule has 0 bridgehead atoms. The molecule has 1 aromatic carbocycles. The van der Waals surface area contributed by atoms with Gasteiger partial charge in [0.1, 0.15) is 0 Å². The molecule has 0 radical (unpaired) electrons. The van der Waals surface area contributed by atoms with Gasteiger partial charge in [0, 0.05) is 17.3 Å². The van der Waals surface area contributed by atoms with Crippen LogP contribution in [0.4, 0.5) is 13.2 Å². The fourth-order valence-corrected chi connectivity index (χ4v) is 2.23. The van der Waals surface area contributed by atoms with Crippen LogP contribution < -0.4 is 5.73 Å². The monoisotopic (exact) mass is 303 g/mol. The molecule has 2 rings (SSSR count). The van der Waals surface area contributed by atoms with Crippen molar-refractivity contribution in [3.63, 3.8) is 0 Å². The summed E-state index contributed by atoms with van der Waals surface area (Å²) in [5, 5.41) is 4.07. The first-order chi connectivity index (χ1) is 9.29. The second kappa shape index (κ2) is 5.46. The minimum absolute atomic E-state index is 0.422. The predicted molar refractivity (Wildman–Crippen MR) is 70.5 cm³/mol. The van der Waals surface area contributed by atoms with E-state index in [2.05, 4.69) is 5.10 Å². The largest absolute Gasteiger partial charge is 0.435 e. The third kappa shape index (κ3) is 3.13. The van der Waals surface area contributed by atoms with E-state index in [-0.39, 0.29) is 0 Å². The molecule has 0 aliphatic carbocycles. The van der Waals surface area contributed by atoms with Crippen LogP contribution >= 0.6 is 11.6 Å². The zero-order valence-electron chi connectivity index (χ0n) is 10.6. The molecule has 3 nitrogen and oxygen atoms in total. The highest BCUT2D eigenvalue weighted by atomic mass is 35.5. The number of halogens is 4. The molecule has 20 heavy (non-hydrogen) atoms. The number of rotatable bonds is 3. The molecular weight excluding hydrogens is 291 g/mol. The molecular formula is C13H13ClF3N3. The van der Waals surface area contributed by atoms with E-state index in [0.29, 0.717) is 10.6 Å². The predicted octanol–water partition coefficient (Wildman–Crippen LogP) is 3.49. The van der Waals surface area contributed by atoms with E-state index in [1.54, 1.807) is 31.2 Å². The average molecular weight is 304 g/mol. The fourth-order valence-electron chi connectivity index (χ4n) is 2.03. The summed E-state index contributed by atoms with van der Waals surface area (Å²) in [4.78, 5) is 0. The first kappa shape index (κ1) is 14.9. The smallest absolute Gasteiger partial charge is 0.326 e. The van der Waals surface area contributed by atoms with E-state index in [4.69, 9.17) is 17.3 Å². The molecule has 0 saturated carbocycles. The van der Waals surface area contributed by atoms with Gasteiger partial charge >= 0.3 is 6.18 Å². The van der Waals surface area contributed by atoms with Gasteiger partial charge in [-0.1, -0.05) is 23.7 Å². The highest BCUT2D eigenvalue weighted by molar-refractivity contribution is 6.30. The van der Waals surface area contributed by atoms with Gasteiger partial charge in [0.05, 0.1) is 6.04 Å². The van der Waals surface area contributed by atoms with Crippen molar-refractivity contribution in [3.05, 3.63) is 52.8 Å². The second-order valence-corrected chi connectivity index (χ2v) is 4.97. The first-order valence-electron chi connectivity index (χ1n) is 5.92. The molecule has 0 aliphatic rings. The van der Waals surface area contributed by atoms with E-state index in [1.165, 1.54) is 10.9 Å². The summed E-state index contributed by atoms with van der Waals surface area (Å²) >= 11 is 5.91. The molecule has 108 valence electrons. The number of alkyl halides is 3. The average Bonchev–Trinajstić information content (AvgIpc) is 2.77. The zero-order valence-corrected chi connectivity index (χ0v) is 11.4. The SMILES string of the molecule is CC(N)C(c1cccc(Cl)c1)n1ccc(C(F)(F)F)n1. The molecule has 0 saturated heterocycles. The number of aromatic nitrogens is 2. The van der Waals surface area contributed by atoms with Crippen LogP contribution in [-0.2, 0) is 6.18 Å². The van der Waals surface area contributed by atoms with Crippen LogP contribution in [0.15, 0.2) is 36.5 Å². The van der Waals surface area contributed by atoms with E-state index in [0.717, 1.165) is 6.07 Å². The van der Waals surface area contributed by atoms with Crippen molar-refractivity contribution >= 4 is 11.6 Å². The van der Waals surface area contributed by atoms with Gasteiger partial charge in [-0.15, -0.1) is 0 Å². The van der Waals surface area contributed by atoms with Crippen molar-refractivity contribution in [2.24, 2.45) is 5.73 Å². The lowest BCUT2D eigenvalue weighted by molar-refractivity contribution is -0.141. The summed E-state index contributed by atoms with van der Waals surface area (Å²) in [5.41, 5.74) is 5.66. The van der Waals surface area contributed by atoms with Crippen molar-refractivity contribution in [2.45, 2.75) is 25.2 Å². The Morgan fingerprint density at radius 2 is 2.00 bits per heavy atom. The number of nitrogens with two attached hydrogens (primary N) is 1. The van der Waals surface area contributed by atoms with Crippen LogP contribution in [0.25, 0.3) is 0 Å². The zero-order chi connectivity index (χ0) is 14.9. The third-order valence-electron chi connectivity index (χ3n) is 2.87. The lowest BCUT2D eigenvalue weighted by atomic mass is 10.0. The Balaban J connectivity index is 2.42. The summed E-state index contributed by atoms with van der Waals surface area (Å²) in [6, 6.07) is 6.84. The number of hydrogen-bond acceptors (Lipinski definition) is 2. The maximum absolute atomic E-state index is 12.6. The van der Waals surface area contributed by atoms with Crippen molar-refractivity contribution in [1.29, 1.82) is 0 Å². The summed E-state index contributed by atoms with van der Waals surface area (Å²) in [5.74, 6) is 0. The summed E-state index contributed by atoms with van der Waals surface area (Å²) in [7, 11) is 0. The summed E-state index contributed by atoms with van der Waals surface area (Å²) in [6.07, 6.45) is -3.19. The molecule has 2 unspecified atom stereocenters. The van der Waals surface area contributed by atoms with Gasteiger partial charge < -0.3 is 5.73 Å². The maximum Gasteiger partial charge on any atom is 0.435 e. The van der Waals surface area contributed by atoms with Crippen LogP contribution in [0.5, 0.6) is 0 Å². The summed E-state index contributed by atoms with van der Waals surface area (Å²) in [6.45, 7) is 1.71. The Bertz CT molecular complexity index is 593. The van der Waals surface area contributed by atoms with Gasteiger partial charge in [0.25, 0.3) is 0 Å². The van der Waals surface area contributed by atoms with Crippen molar-refractivity contribution in [2.75, 3.05) is 0 Å². The molecule has 0 aliphatic heterocycles. The van der Waals surface area contributed by atoms with Crippen LogP contribution in [0, 0.1) is 0 Å². The molecule has 1 heterocycles. The van der Waals surface area contributed by atoms with Gasteiger partial charge in [0.2, 0.25) is 0 Å². The number of benzene rings is 1. The fraction of sp³-hybridized carbons (Fsp3) is 0.308. The lowest BCUT2D eigenvalue weighted by Crippen LogP contribution is -2.31. The first-order valence-corrected chi connectivity index (χ1v) is 6.30. The van der Waals surface area contributed by atoms with Crippen molar-refractivity contribution < 1.29 is 13.2 Å². The molecule has 2 N–H and O–H groups in total. The van der Waals surface area contributed by atoms with E-state index >= 15 is 0 Å². The summed E-state index contributed by atoms with van der Waals surface area (Å²) < 4.78 is 39.0. The highest BCUT2D eigenvalue weighted by Crippen LogP contribution is 2.29. The van der Waals surface area contributed by atoms with Crippen molar-refractivity contribution in [3.8, 4) is 0 Å². The Morgan fingerprint density at radius 3 is 2.50 bits per heavy atom. The molecule has 2 aromatic rings. The van der Waals surface area contributed by atoms with Crippen LogP contribution in [-0.4, -0.2) is 15.8 Å². The van der Waals surface area contributed by atoms with Crippen LogP contribution in [0.1, 0.15) is 24.2 Å². The standard InChI is InChI=1S/C13H13ClF3N3/c1-8(18)12(9-3-2-4-10(14)7-9)20-6-5-11(19-20)13(15,16)17/h2-8,12H,18H2,1H3. The Kier molecular flexibility index (Phi) is 4.06. The van der Waals surface area contributed by atoms with Crippen molar-refractivity contribution in [1.82, 2.24) is 9.78 Å². The third-order valence-corrected chi connectivity index (χ3v) is 3.11. The van der Waals surface area contributed by atoms with Gasteiger partial charge in [0.15, 0.2) is 5.69 Å². The van der Waals surface area contributed by atoms with Gasteiger partial charge in [-0.25, -0.2) is 0 Å². The molecule has 7 heteroatoms. The van der Waals surface area contributed by atoms with E-state index in [9.17, 15) is 13.2 Å². The highest BCUT2D eigenvalue weighted by Gasteiger charge is 2.34. The van der Waals surface area contributed by atoms with Gasteiger partial charge in [-0.2, -0.15) is 18.3 Å². The van der Waals surface area contributed by atoms with Crippen LogP contribution in [0.2, 0.25) is 5.02 Å². The van der Waals surface area contributed by atoms with Gasteiger partial charge in [-0.3, -0.25) is 4.68 Å². The Hall–Kier alpha value is -1.53. The number of hydrogen-bond donors (Lipinski definition) is 1. The van der Waals surface area contributed by atoms with E-state index < -0.39 is 24.0 Å². The van der Waals surface area contributed by atoms with Crippen LogP contribution in [0.3, 0.4) is 0 Å². The lowest BCUT2D eigenvalue weighted by Gasteiger charge is -2.22. The Labute approximate surface area is 119 Å². The number of nitrogens with zero attached hydrogens (tertiary/aromatic N) is 2. The maximum atomic E-state index is 12.6. The van der Waals surface area contributed by atoms with E-state index in [1.807, 2.05) is 0 Å². The molecule has 0 amide bonds. The molecule has 0 spiro atoms. The minimum atomic E-state index is -4.47.